The Labute approximate surface area is 135 Å². The minimum absolute atomic E-state index is 0.153. The fourth-order valence-corrected chi connectivity index (χ4v) is 4.16. The highest BCUT2D eigenvalue weighted by Crippen LogP contribution is 2.24. The van der Waals surface area contributed by atoms with Crippen LogP contribution in [0.2, 0.25) is 5.02 Å². The number of piperazine rings is 1. The zero-order valence-electron chi connectivity index (χ0n) is 12.5. The highest BCUT2D eigenvalue weighted by atomic mass is 35.5. The van der Waals surface area contributed by atoms with Crippen molar-refractivity contribution in [1.82, 2.24) is 9.21 Å². The molecule has 0 bridgehead atoms. The first-order valence-corrected chi connectivity index (χ1v) is 9.12. The zero-order valence-corrected chi connectivity index (χ0v) is 14.1. The van der Waals surface area contributed by atoms with Gasteiger partial charge in [-0.15, -0.1) is 0 Å². The topological polar surface area (TPSA) is 77.9 Å². The van der Waals surface area contributed by atoms with Crippen LogP contribution in [0.15, 0.2) is 18.2 Å². The van der Waals surface area contributed by atoms with Crippen LogP contribution in [0.4, 0.5) is 0 Å². The summed E-state index contributed by atoms with van der Waals surface area (Å²) in [4.78, 5) is 13.3. The summed E-state index contributed by atoms with van der Waals surface area (Å²) in [5, 5.41) is 9.67. The Bertz CT molecular complexity index is 677. The Morgan fingerprint density at radius 2 is 2.09 bits per heavy atom. The summed E-state index contributed by atoms with van der Waals surface area (Å²) in [6.07, 6.45) is 1.20. The maximum absolute atomic E-state index is 11.7. The fourth-order valence-electron chi connectivity index (χ4n) is 2.80. The molecule has 0 spiro atoms. The molecule has 0 saturated carbocycles. The number of hydrogen-bond acceptors (Lipinski definition) is 4. The molecule has 1 aliphatic rings. The van der Waals surface area contributed by atoms with Crippen LogP contribution in [0.25, 0.3) is 0 Å². The molecule has 1 heterocycles. The summed E-state index contributed by atoms with van der Waals surface area (Å²) in [6.45, 7) is 3.72. The molecule has 0 aromatic heterocycles. The molecule has 1 aromatic rings. The largest absolute Gasteiger partial charge is 0.478 e. The van der Waals surface area contributed by atoms with Crippen molar-refractivity contribution in [3.05, 3.63) is 34.3 Å². The second-order valence-corrected chi connectivity index (χ2v) is 7.87. The van der Waals surface area contributed by atoms with Crippen molar-refractivity contribution in [2.45, 2.75) is 19.5 Å². The van der Waals surface area contributed by atoms with Gasteiger partial charge in [0.15, 0.2) is 0 Å². The van der Waals surface area contributed by atoms with Gasteiger partial charge < -0.3 is 5.11 Å². The first-order chi connectivity index (χ1) is 10.2. The number of sulfonamides is 1. The van der Waals surface area contributed by atoms with Crippen molar-refractivity contribution < 1.29 is 18.3 Å². The van der Waals surface area contributed by atoms with Gasteiger partial charge in [-0.3, -0.25) is 4.90 Å². The van der Waals surface area contributed by atoms with Crippen LogP contribution in [-0.2, 0) is 16.6 Å². The van der Waals surface area contributed by atoms with Crippen LogP contribution >= 0.6 is 11.6 Å². The molecule has 6 nitrogen and oxygen atoms in total. The molecule has 0 aliphatic carbocycles. The summed E-state index contributed by atoms with van der Waals surface area (Å²) in [5.41, 5.74) is 0.752. The predicted molar refractivity (Wildman–Crippen MR) is 84.7 cm³/mol. The molecule has 1 N–H and O–H groups in total. The van der Waals surface area contributed by atoms with Crippen LogP contribution in [0.3, 0.4) is 0 Å². The average Bonchev–Trinajstić information content (AvgIpc) is 2.39. The van der Waals surface area contributed by atoms with Gasteiger partial charge in [0.25, 0.3) is 0 Å². The number of rotatable bonds is 4. The molecule has 1 atom stereocenters. The lowest BCUT2D eigenvalue weighted by atomic mass is 10.1. The van der Waals surface area contributed by atoms with E-state index in [0.29, 0.717) is 36.8 Å². The van der Waals surface area contributed by atoms with Crippen LogP contribution in [0.5, 0.6) is 0 Å². The van der Waals surface area contributed by atoms with E-state index in [4.69, 9.17) is 11.6 Å². The van der Waals surface area contributed by atoms with E-state index >= 15 is 0 Å². The minimum atomic E-state index is -3.21. The molecule has 2 rings (SSSR count). The minimum Gasteiger partial charge on any atom is -0.478 e. The highest BCUT2D eigenvalue weighted by molar-refractivity contribution is 7.88. The van der Waals surface area contributed by atoms with Crippen molar-refractivity contribution in [2.24, 2.45) is 0 Å². The molecule has 0 unspecified atom stereocenters. The maximum Gasteiger partial charge on any atom is 0.336 e. The molecule has 0 radical (unpaired) electrons. The van der Waals surface area contributed by atoms with Gasteiger partial charge in [0.05, 0.1) is 11.8 Å². The van der Waals surface area contributed by atoms with Crippen molar-refractivity contribution in [3.63, 3.8) is 0 Å². The fraction of sp³-hybridized carbons (Fsp3) is 0.500. The summed E-state index contributed by atoms with van der Waals surface area (Å²) in [6, 6.07) is 4.65. The average molecular weight is 347 g/mol. The summed E-state index contributed by atoms with van der Waals surface area (Å²) < 4.78 is 24.8. The number of benzene rings is 1. The number of nitrogens with zero attached hydrogens (tertiary/aromatic N) is 2. The molecule has 122 valence electrons. The maximum atomic E-state index is 11.7. The van der Waals surface area contributed by atoms with E-state index in [1.807, 2.05) is 11.8 Å². The Kier molecular flexibility index (Phi) is 5.11. The molecular weight excluding hydrogens is 328 g/mol. The van der Waals surface area contributed by atoms with E-state index in [-0.39, 0.29) is 11.6 Å². The summed E-state index contributed by atoms with van der Waals surface area (Å²) in [7, 11) is -3.21. The monoisotopic (exact) mass is 346 g/mol. The van der Waals surface area contributed by atoms with E-state index in [2.05, 4.69) is 0 Å². The Morgan fingerprint density at radius 1 is 1.41 bits per heavy atom. The smallest absolute Gasteiger partial charge is 0.336 e. The number of carboxylic acid groups (broad SMARTS) is 1. The number of halogens is 1. The number of carboxylic acids is 1. The van der Waals surface area contributed by atoms with Gasteiger partial charge in [0.1, 0.15) is 0 Å². The predicted octanol–water partition coefficient (Wildman–Crippen LogP) is 1.50. The molecule has 8 heteroatoms. The van der Waals surface area contributed by atoms with Gasteiger partial charge >= 0.3 is 5.97 Å². The van der Waals surface area contributed by atoms with Crippen molar-refractivity contribution in [2.75, 3.05) is 25.9 Å². The van der Waals surface area contributed by atoms with Crippen LogP contribution in [0, 0.1) is 0 Å². The molecule has 1 aromatic carbocycles. The molecule has 1 fully saturated rings. The normalized spacial score (nSPS) is 21.0. The Hall–Kier alpha value is -1.15. The standard InChI is InChI=1S/C14H19ClN2O4S/c1-10-8-16(6-7-17(10)22(2,20)21)9-12-11(14(18)19)4-3-5-13(12)15/h3-5,10H,6-9H2,1-2H3,(H,18,19)/t10-/m0/s1. The molecule has 22 heavy (non-hydrogen) atoms. The van der Waals surface area contributed by atoms with Gasteiger partial charge in [-0.1, -0.05) is 17.7 Å². The first-order valence-electron chi connectivity index (χ1n) is 6.90. The lowest BCUT2D eigenvalue weighted by Gasteiger charge is -2.38. The van der Waals surface area contributed by atoms with Crippen molar-refractivity contribution in [3.8, 4) is 0 Å². The third-order valence-corrected chi connectivity index (χ3v) is 5.56. The quantitative estimate of drug-likeness (QED) is 0.894. The SMILES string of the molecule is C[C@H]1CN(Cc2c(Cl)cccc2C(=O)O)CCN1S(C)(=O)=O. The summed E-state index contributed by atoms with van der Waals surface area (Å²) in [5.74, 6) is -1.01. The highest BCUT2D eigenvalue weighted by Gasteiger charge is 2.30. The third kappa shape index (κ3) is 3.78. The number of carbonyl (C=O) groups is 1. The van der Waals surface area contributed by atoms with Gasteiger partial charge in [-0.05, 0) is 24.6 Å². The van der Waals surface area contributed by atoms with Gasteiger partial charge in [-0.2, -0.15) is 4.31 Å². The van der Waals surface area contributed by atoms with E-state index < -0.39 is 16.0 Å². The van der Waals surface area contributed by atoms with E-state index in [0.717, 1.165) is 0 Å². The van der Waals surface area contributed by atoms with E-state index in [1.54, 1.807) is 12.1 Å². The zero-order chi connectivity index (χ0) is 16.5. The number of aromatic carboxylic acids is 1. The van der Waals surface area contributed by atoms with Crippen molar-refractivity contribution >= 4 is 27.6 Å². The molecule has 1 aliphatic heterocycles. The lowest BCUT2D eigenvalue weighted by molar-refractivity contribution is 0.0693. The van der Waals surface area contributed by atoms with Crippen LogP contribution in [-0.4, -0.2) is 60.6 Å². The first kappa shape index (κ1) is 17.2. The molecule has 1 saturated heterocycles. The van der Waals surface area contributed by atoms with Gasteiger partial charge in [0, 0.05) is 37.2 Å². The van der Waals surface area contributed by atoms with E-state index in [9.17, 15) is 18.3 Å². The summed E-state index contributed by atoms with van der Waals surface area (Å²) >= 11 is 6.13. The molecule has 0 amide bonds. The Balaban J connectivity index is 2.16. The Morgan fingerprint density at radius 3 is 2.64 bits per heavy atom. The number of hydrogen-bond donors (Lipinski definition) is 1. The molecular formula is C14H19ClN2O4S. The van der Waals surface area contributed by atoms with Crippen LogP contribution in [0.1, 0.15) is 22.8 Å². The van der Waals surface area contributed by atoms with E-state index in [1.165, 1.54) is 16.6 Å². The van der Waals surface area contributed by atoms with Gasteiger partial charge in [-0.25, -0.2) is 13.2 Å². The lowest BCUT2D eigenvalue weighted by Crippen LogP contribution is -2.53. The second kappa shape index (κ2) is 6.54. The second-order valence-electron chi connectivity index (χ2n) is 5.53. The van der Waals surface area contributed by atoms with Gasteiger partial charge in [0.2, 0.25) is 10.0 Å². The third-order valence-electron chi connectivity index (χ3n) is 3.81. The van der Waals surface area contributed by atoms with Crippen LogP contribution < -0.4 is 0 Å². The van der Waals surface area contributed by atoms with Crippen molar-refractivity contribution in [1.29, 1.82) is 0 Å².